The summed E-state index contributed by atoms with van der Waals surface area (Å²) in [5.41, 5.74) is 5.29. The van der Waals surface area contributed by atoms with E-state index in [1.807, 2.05) is 24.3 Å². The number of amides is 1. The minimum Gasteiger partial charge on any atom is -0.496 e. The number of rotatable bonds is 4. The molecule has 1 aliphatic carbocycles. The predicted molar refractivity (Wildman–Crippen MR) is 148 cm³/mol. The van der Waals surface area contributed by atoms with Gasteiger partial charge in [-0.15, -0.1) is 0 Å². The molecule has 5 heteroatoms. The predicted octanol–water partition coefficient (Wildman–Crippen LogP) is 6.10. The lowest BCUT2D eigenvalue weighted by Crippen LogP contribution is -2.58. The Morgan fingerprint density at radius 2 is 1.57 bits per heavy atom. The molecule has 1 amide bonds. The van der Waals surface area contributed by atoms with E-state index in [1.165, 1.54) is 22.2 Å². The molecular formula is C32H35N3O2. The first-order chi connectivity index (χ1) is 18.0. The van der Waals surface area contributed by atoms with Crippen LogP contribution in [0.25, 0.3) is 10.9 Å². The first-order valence-electron chi connectivity index (χ1n) is 13.3. The number of nitrogens with zero attached hydrogens (tertiary/aromatic N) is 2. The molecule has 1 aliphatic heterocycles. The number of hydrogen-bond donors (Lipinski definition) is 1. The summed E-state index contributed by atoms with van der Waals surface area (Å²) in [6.45, 7) is 0.700. The fraction of sp³-hybridized carbons (Fsp3) is 0.344. The Labute approximate surface area is 219 Å². The van der Waals surface area contributed by atoms with E-state index >= 15 is 0 Å². The average Bonchev–Trinajstić information content (AvgIpc) is 3.34. The van der Waals surface area contributed by atoms with Gasteiger partial charge < -0.3 is 14.6 Å². The summed E-state index contributed by atoms with van der Waals surface area (Å²) in [6, 6.07) is 27.1. The van der Waals surface area contributed by atoms with Crippen LogP contribution in [-0.4, -0.2) is 48.4 Å². The molecule has 37 heavy (non-hydrogen) atoms. The number of methoxy groups -OCH3 is 1. The van der Waals surface area contributed by atoms with E-state index in [0.717, 1.165) is 37.6 Å². The number of benzene rings is 3. The van der Waals surface area contributed by atoms with Crippen molar-refractivity contribution in [1.82, 2.24) is 14.8 Å². The van der Waals surface area contributed by atoms with Crippen LogP contribution in [0, 0.1) is 0 Å². The minimum absolute atomic E-state index is 0.0545. The lowest BCUT2D eigenvalue weighted by atomic mass is 9.65. The van der Waals surface area contributed by atoms with Crippen molar-refractivity contribution < 1.29 is 9.53 Å². The molecule has 1 saturated carbocycles. The molecule has 1 spiro atoms. The molecule has 2 heterocycles. The summed E-state index contributed by atoms with van der Waals surface area (Å²) in [5.74, 6) is 0.687. The van der Waals surface area contributed by atoms with Crippen molar-refractivity contribution in [2.45, 2.75) is 43.2 Å². The number of para-hydroxylation sites is 2. The van der Waals surface area contributed by atoms with Gasteiger partial charge in [0.1, 0.15) is 5.75 Å². The molecule has 0 bridgehead atoms. The van der Waals surface area contributed by atoms with Crippen LogP contribution in [0.5, 0.6) is 5.75 Å². The topological polar surface area (TPSA) is 48.6 Å². The molecule has 6 rings (SSSR count). The van der Waals surface area contributed by atoms with Gasteiger partial charge in [0.05, 0.1) is 18.2 Å². The van der Waals surface area contributed by atoms with Crippen molar-refractivity contribution in [1.29, 1.82) is 0 Å². The van der Waals surface area contributed by atoms with Crippen LogP contribution in [0.15, 0.2) is 78.9 Å². The number of hydrogen-bond acceptors (Lipinski definition) is 3. The summed E-state index contributed by atoms with van der Waals surface area (Å²) in [6.07, 6.45) is 4.56. The van der Waals surface area contributed by atoms with Gasteiger partial charge >= 0.3 is 0 Å². The Kier molecular flexibility index (Phi) is 5.84. The largest absolute Gasteiger partial charge is 0.496 e. The van der Waals surface area contributed by atoms with Crippen LogP contribution < -0.4 is 4.74 Å². The third kappa shape index (κ3) is 3.59. The van der Waals surface area contributed by atoms with Gasteiger partial charge in [-0.25, -0.2) is 0 Å². The molecular weight excluding hydrogens is 458 g/mol. The second kappa shape index (κ2) is 9.07. The normalized spacial score (nSPS) is 23.4. The van der Waals surface area contributed by atoms with E-state index < -0.39 is 5.54 Å². The standard InChI is InChI=1S/C32H35N3O2/c1-34(2)31(23-11-5-4-6-12-23)18-20-32(21-19-31)29-25(24-13-7-9-15-27(24)33-29)17-22-35(32)30(36)26-14-8-10-16-28(26)37-3/h4-16,33H,17-22H2,1-3H3. The van der Waals surface area contributed by atoms with Crippen molar-refractivity contribution in [2.75, 3.05) is 27.7 Å². The number of ether oxygens (including phenoxy) is 1. The van der Waals surface area contributed by atoms with Gasteiger partial charge in [0.2, 0.25) is 0 Å². The number of H-pyrrole nitrogens is 1. The van der Waals surface area contributed by atoms with Crippen molar-refractivity contribution in [2.24, 2.45) is 0 Å². The van der Waals surface area contributed by atoms with E-state index in [2.05, 4.69) is 83.5 Å². The van der Waals surface area contributed by atoms with Crippen molar-refractivity contribution in [3.05, 3.63) is 101 Å². The molecule has 1 aromatic heterocycles. The zero-order valence-electron chi connectivity index (χ0n) is 22.0. The van der Waals surface area contributed by atoms with Crippen LogP contribution in [0.3, 0.4) is 0 Å². The summed E-state index contributed by atoms with van der Waals surface area (Å²) in [7, 11) is 6.02. The zero-order chi connectivity index (χ0) is 25.6. The summed E-state index contributed by atoms with van der Waals surface area (Å²) in [5, 5.41) is 1.29. The molecule has 190 valence electrons. The van der Waals surface area contributed by atoms with Crippen molar-refractivity contribution in [3.8, 4) is 5.75 Å². The first-order valence-corrected chi connectivity index (χ1v) is 13.3. The summed E-state index contributed by atoms with van der Waals surface area (Å²) in [4.78, 5) is 22.6. The highest BCUT2D eigenvalue weighted by molar-refractivity contribution is 5.98. The maximum Gasteiger partial charge on any atom is 0.258 e. The third-order valence-corrected chi connectivity index (χ3v) is 9.04. The van der Waals surface area contributed by atoms with Gasteiger partial charge in [-0.2, -0.15) is 0 Å². The van der Waals surface area contributed by atoms with Gasteiger partial charge in [0.25, 0.3) is 5.91 Å². The quantitative estimate of drug-likeness (QED) is 0.374. The van der Waals surface area contributed by atoms with Gasteiger partial charge in [-0.1, -0.05) is 60.7 Å². The number of aromatic nitrogens is 1. The molecule has 0 unspecified atom stereocenters. The molecule has 1 N–H and O–H groups in total. The van der Waals surface area contributed by atoms with Crippen LogP contribution in [0.2, 0.25) is 0 Å². The van der Waals surface area contributed by atoms with Crippen LogP contribution in [0.1, 0.15) is 52.9 Å². The van der Waals surface area contributed by atoms with Gasteiger partial charge in [-0.05, 0) is 75.5 Å². The highest BCUT2D eigenvalue weighted by atomic mass is 16.5. The Balaban J connectivity index is 1.48. The maximum atomic E-state index is 14.3. The SMILES string of the molecule is COc1ccccc1C(=O)N1CCc2c([nH]c3ccccc23)C12CCC(c1ccccc1)(N(C)C)CC2. The number of carbonyl (C=O) groups is 1. The Hall–Kier alpha value is -3.57. The molecule has 4 aromatic rings. The van der Waals surface area contributed by atoms with Crippen molar-refractivity contribution >= 4 is 16.8 Å². The first kappa shape index (κ1) is 23.8. The van der Waals surface area contributed by atoms with E-state index in [0.29, 0.717) is 17.9 Å². The highest BCUT2D eigenvalue weighted by Gasteiger charge is 2.53. The smallest absolute Gasteiger partial charge is 0.258 e. The second-order valence-corrected chi connectivity index (χ2v) is 10.8. The third-order valence-electron chi connectivity index (χ3n) is 9.04. The molecule has 3 aromatic carbocycles. The van der Waals surface area contributed by atoms with E-state index in [1.54, 1.807) is 7.11 Å². The fourth-order valence-corrected chi connectivity index (χ4v) is 7.03. The second-order valence-electron chi connectivity index (χ2n) is 10.8. The van der Waals surface area contributed by atoms with Crippen LogP contribution in [0.4, 0.5) is 0 Å². The maximum absolute atomic E-state index is 14.3. The minimum atomic E-state index is -0.390. The number of carbonyl (C=O) groups excluding carboxylic acids is 1. The number of nitrogens with one attached hydrogen (secondary N) is 1. The van der Waals surface area contributed by atoms with Gasteiger partial charge in [0, 0.05) is 28.7 Å². The Morgan fingerprint density at radius 1 is 0.892 bits per heavy atom. The van der Waals surface area contributed by atoms with Crippen molar-refractivity contribution in [3.63, 3.8) is 0 Å². The number of aromatic amines is 1. The zero-order valence-corrected chi connectivity index (χ0v) is 22.0. The Morgan fingerprint density at radius 3 is 2.30 bits per heavy atom. The monoisotopic (exact) mass is 493 g/mol. The van der Waals surface area contributed by atoms with E-state index in [4.69, 9.17) is 4.74 Å². The average molecular weight is 494 g/mol. The summed E-state index contributed by atoms with van der Waals surface area (Å²) < 4.78 is 5.61. The Bertz CT molecular complexity index is 1430. The summed E-state index contributed by atoms with van der Waals surface area (Å²) >= 11 is 0. The molecule has 2 aliphatic rings. The van der Waals surface area contributed by atoms with E-state index in [-0.39, 0.29) is 11.4 Å². The fourth-order valence-electron chi connectivity index (χ4n) is 7.03. The van der Waals surface area contributed by atoms with Gasteiger partial charge in [-0.3, -0.25) is 9.69 Å². The molecule has 0 saturated heterocycles. The van der Waals surface area contributed by atoms with Gasteiger partial charge in [0.15, 0.2) is 0 Å². The molecule has 0 atom stereocenters. The molecule has 5 nitrogen and oxygen atoms in total. The lowest BCUT2D eigenvalue weighted by Gasteiger charge is -2.55. The van der Waals surface area contributed by atoms with Crippen LogP contribution >= 0.6 is 0 Å². The highest BCUT2D eigenvalue weighted by Crippen LogP contribution is 2.54. The molecule has 1 fully saturated rings. The van der Waals surface area contributed by atoms with E-state index in [9.17, 15) is 4.79 Å². The lowest BCUT2D eigenvalue weighted by molar-refractivity contribution is -0.0143. The molecule has 0 radical (unpaired) electrons. The van der Waals surface area contributed by atoms with Crippen LogP contribution in [-0.2, 0) is 17.5 Å². The number of fused-ring (bicyclic) bond motifs is 4.